The van der Waals surface area contributed by atoms with E-state index in [1.54, 1.807) is 18.2 Å². The molecule has 0 amide bonds. The quantitative estimate of drug-likeness (QED) is 0.848. The van der Waals surface area contributed by atoms with Gasteiger partial charge < -0.3 is 4.74 Å². The number of hydrogen-bond donors (Lipinski definition) is 0. The van der Waals surface area contributed by atoms with Crippen LogP contribution in [-0.4, -0.2) is 28.1 Å². The average Bonchev–Trinajstić information content (AvgIpc) is 2.89. The van der Waals surface area contributed by atoms with E-state index in [-0.39, 0.29) is 11.8 Å². The molecule has 0 unspecified atom stereocenters. The van der Waals surface area contributed by atoms with Gasteiger partial charge in [0, 0.05) is 36.5 Å². The van der Waals surface area contributed by atoms with Crippen LogP contribution in [0.5, 0.6) is 5.75 Å². The van der Waals surface area contributed by atoms with Crippen LogP contribution in [0.25, 0.3) is 0 Å². The van der Waals surface area contributed by atoms with Gasteiger partial charge in [0.1, 0.15) is 5.75 Å². The zero-order chi connectivity index (χ0) is 17.3. The Hall–Kier alpha value is -2.02. The molecule has 1 atom stereocenters. The van der Waals surface area contributed by atoms with E-state index in [1.807, 2.05) is 25.0 Å². The molecule has 24 heavy (non-hydrogen) atoms. The standard InChI is InChI=1S/C17H20F3N3O/c1-22(14-7-5-8-15-13(14)10-21-23(15)2)11-12-6-3-4-9-16(12)24-17(18,19)20/h3-4,6,9-10,14H,5,7-8,11H2,1-2H3/t14-/m1/s1. The second-order valence-electron chi connectivity index (χ2n) is 6.15. The van der Waals surface area contributed by atoms with Gasteiger partial charge in [-0.3, -0.25) is 9.58 Å². The third-order valence-electron chi connectivity index (χ3n) is 4.49. The SMILES string of the molecule is CN(Cc1ccccc1OC(F)(F)F)[C@@H]1CCCc2c1cnn2C. The van der Waals surface area contributed by atoms with E-state index < -0.39 is 6.36 Å². The minimum atomic E-state index is -4.68. The summed E-state index contributed by atoms with van der Waals surface area (Å²) in [6, 6.07) is 6.45. The highest BCUT2D eigenvalue weighted by Crippen LogP contribution is 2.35. The number of benzene rings is 1. The van der Waals surface area contributed by atoms with Crippen LogP contribution >= 0.6 is 0 Å². The van der Waals surface area contributed by atoms with Gasteiger partial charge in [-0.05, 0) is 32.4 Å². The number of ether oxygens (including phenoxy) is 1. The molecule has 1 aromatic heterocycles. The largest absolute Gasteiger partial charge is 0.573 e. The number of rotatable bonds is 4. The summed E-state index contributed by atoms with van der Waals surface area (Å²) in [7, 11) is 3.85. The Bertz CT molecular complexity index is 711. The van der Waals surface area contributed by atoms with Gasteiger partial charge in [0.2, 0.25) is 0 Å². The smallest absolute Gasteiger partial charge is 0.405 e. The molecule has 130 valence electrons. The molecule has 1 aromatic carbocycles. The lowest BCUT2D eigenvalue weighted by atomic mass is 9.91. The molecule has 4 nitrogen and oxygen atoms in total. The first-order chi connectivity index (χ1) is 11.3. The number of para-hydroxylation sites is 1. The van der Waals surface area contributed by atoms with Gasteiger partial charge in [0.25, 0.3) is 0 Å². The topological polar surface area (TPSA) is 30.3 Å². The van der Waals surface area contributed by atoms with Crippen LogP contribution in [-0.2, 0) is 20.0 Å². The highest BCUT2D eigenvalue weighted by atomic mass is 19.4. The van der Waals surface area contributed by atoms with E-state index in [4.69, 9.17) is 0 Å². The third kappa shape index (κ3) is 3.56. The molecule has 0 aliphatic heterocycles. The first-order valence-corrected chi connectivity index (χ1v) is 7.90. The van der Waals surface area contributed by atoms with Crippen molar-refractivity contribution in [3.63, 3.8) is 0 Å². The number of nitrogens with zero attached hydrogens (tertiary/aromatic N) is 3. The first kappa shape index (κ1) is 16.8. The predicted molar refractivity (Wildman–Crippen MR) is 83.5 cm³/mol. The summed E-state index contributed by atoms with van der Waals surface area (Å²) < 4.78 is 43.7. The fourth-order valence-corrected chi connectivity index (χ4v) is 3.38. The van der Waals surface area contributed by atoms with Crippen molar-refractivity contribution in [3.8, 4) is 5.75 Å². The summed E-state index contributed by atoms with van der Waals surface area (Å²) in [6.45, 7) is 0.380. The molecule has 0 bridgehead atoms. The molecule has 7 heteroatoms. The van der Waals surface area contributed by atoms with Crippen molar-refractivity contribution in [3.05, 3.63) is 47.3 Å². The van der Waals surface area contributed by atoms with E-state index in [1.165, 1.54) is 17.3 Å². The second kappa shape index (κ2) is 6.47. The Labute approximate surface area is 138 Å². The van der Waals surface area contributed by atoms with Crippen LogP contribution < -0.4 is 4.74 Å². The Balaban J connectivity index is 1.80. The van der Waals surface area contributed by atoms with Crippen molar-refractivity contribution < 1.29 is 17.9 Å². The maximum absolute atomic E-state index is 12.6. The fraction of sp³-hybridized carbons (Fsp3) is 0.471. The molecular formula is C17H20F3N3O. The number of alkyl halides is 3. The molecular weight excluding hydrogens is 319 g/mol. The Morgan fingerprint density at radius 2 is 2.08 bits per heavy atom. The van der Waals surface area contributed by atoms with Crippen LogP contribution in [0.4, 0.5) is 13.2 Å². The highest BCUT2D eigenvalue weighted by Gasteiger charge is 2.32. The second-order valence-corrected chi connectivity index (χ2v) is 6.15. The highest BCUT2D eigenvalue weighted by molar-refractivity contribution is 5.34. The van der Waals surface area contributed by atoms with Gasteiger partial charge in [-0.25, -0.2) is 0 Å². The fourth-order valence-electron chi connectivity index (χ4n) is 3.38. The maximum Gasteiger partial charge on any atom is 0.573 e. The van der Waals surface area contributed by atoms with E-state index in [2.05, 4.69) is 14.7 Å². The Morgan fingerprint density at radius 1 is 1.33 bits per heavy atom. The van der Waals surface area contributed by atoms with Crippen LogP contribution in [0.2, 0.25) is 0 Å². The molecule has 1 aliphatic carbocycles. The first-order valence-electron chi connectivity index (χ1n) is 7.90. The Morgan fingerprint density at radius 3 is 2.83 bits per heavy atom. The van der Waals surface area contributed by atoms with Crippen LogP contribution in [0.3, 0.4) is 0 Å². The average molecular weight is 339 g/mol. The van der Waals surface area contributed by atoms with Gasteiger partial charge in [-0.1, -0.05) is 18.2 Å². The molecule has 0 N–H and O–H groups in total. The lowest BCUT2D eigenvalue weighted by molar-refractivity contribution is -0.275. The predicted octanol–water partition coefficient (Wildman–Crippen LogP) is 3.83. The molecule has 0 spiro atoms. The summed E-state index contributed by atoms with van der Waals surface area (Å²) in [5, 5.41) is 4.32. The number of hydrogen-bond acceptors (Lipinski definition) is 3. The summed E-state index contributed by atoms with van der Waals surface area (Å²) in [5.41, 5.74) is 2.90. The number of fused-ring (bicyclic) bond motifs is 1. The normalized spacial score (nSPS) is 17.8. The number of aromatic nitrogens is 2. The summed E-state index contributed by atoms with van der Waals surface area (Å²) in [6.07, 6.45) is 0.188. The molecule has 1 aliphatic rings. The van der Waals surface area contributed by atoms with Gasteiger partial charge in [0.15, 0.2) is 0 Å². The molecule has 0 saturated carbocycles. The van der Waals surface area contributed by atoms with Gasteiger partial charge in [0.05, 0.1) is 6.20 Å². The minimum Gasteiger partial charge on any atom is -0.405 e. The van der Waals surface area contributed by atoms with Crippen molar-refractivity contribution in [2.24, 2.45) is 7.05 Å². The monoisotopic (exact) mass is 339 g/mol. The minimum absolute atomic E-state index is 0.140. The van der Waals surface area contributed by atoms with E-state index >= 15 is 0 Å². The van der Waals surface area contributed by atoms with E-state index in [0.29, 0.717) is 12.1 Å². The molecule has 3 rings (SSSR count). The lowest BCUT2D eigenvalue weighted by Gasteiger charge is -2.32. The summed E-state index contributed by atoms with van der Waals surface area (Å²) in [4.78, 5) is 2.07. The molecule has 0 saturated heterocycles. The molecule has 0 radical (unpaired) electrons. The molecule has 0 fully saturated rings. The molecule has 1 heterocycles. The van der Waals surface area contributed by atoms with E-state index in [0.717, 1.165) is 19.3 Å². The zero-order valence-corrected chi connectivity index (χ0v) is 13.7. The van der Waals surface area contributed by atoms with Crippen LogP contribution in [0, 0.1) is 0 Å². The van der Waals surface area contributed by atoms with Crippen molar-refractivity contribution in [2.75, 3.05) is 7.05 Å². The van der Waals surface area contributed by atoms with Gasteiger partial charge >= 0.3 is 6.36 Å². The number of halogens is 3. The number of aryl methyl sites for hydroxylation is 1. The van der Waals surface area contributed by atoms with E-state index in [9.17, 15) is 13.2 Å². The Kier molecular flexibility index (Phi) is 4.54. The summed E-state index contributed by atoms with van der Waals surface area (Å²) in [5.74, 6) is -0.140. The van der Waals surface area contributed by atoms with Crippen molar-refractivity contribution in [2.45, 2.75) is 38.2 Å². The summed E-state index contributed by atoms with van der Waals surface area (Å²) >= 11 is 0. The lowest BCUT2D eigenvalue weighted by Crippen LogP contribution is -2.28. The van der Waals surface area contributed by atoms with Crippen LogP contribution in [0.1, 0.15) is 35.7 Å². The van der Waals surface area contributed by atoms with Crippen molar-refractivity contribution >= 4 is 0 Å². The van der Waals surface area contributed by atoms with Crippen molar-refractivity contribution in [1.82, 2.24) is 14.7 Å². The van der Waals surface area contributed by atoms with Gasteiger partial charge in [-0.15, -0.1) is 13.2 Å². The molecule has 2 aromatic rings. The third-order valence-corrected chi connectivity index (χ3v) is 4.49. The van der Waals surface area contributed by atoms with Gasteiger partial charge in [-0.2, -0.15) is 5.10 Å². The zero-order valence-electron chi connectivity index (χ0n) is 13.7. The van der Waals surface area contributed by atoms with Crippen molar-refractivity contribution in [1.29, 1.82) is 0 Å². The maximum atomic E-state index is 12.6. The van der Waals surface area contributed by atoms with Crippen LogP contribution in [0.15, 0.2) is 30.5 Å².